The number of carbonyl (C=O) groups is 2. The first-order valence-corrected chi connectivity index (χ1v) is 8.65. The molecule has 0 aliphatic carbocycles. The molecule has 0 atom stereocenters. The molecule has 142 valence electrons. The lowest BCUT2D eigenvalue weighted by molar-refractivity contribution is -0.141. The monoisotopic (exact) mass is 397 g/mol. The molecule has 0 fully saturated rings. The average molecular weight is 398 g/mol. The van der Waals surface area contributed by atoms with Crippen molar-refractivity contribution in [3.05, 3.63) is 71.0 Å². The Balaban J connectivity index is 1.72. The number of nitrogens with zero attached hydrogens (tertiary/aromatic N) is 4. The molecule has 0 aliphatic rings. The fourth-order valence-electron chi connectivity index (χ4n) is 2.34. The molecule has 0 bridgehead atoms. The number of amides is 1. The summed E-state index contributed by atoms with van der Waals surface area (Å²) in [7, 11) is 0. The third-order valence-corrected chi connectivity index (χ3v) is 3.84. The Labute approximate surface area is 165 Å². The first-order chi connectivity index (χ1) is 13.5. The highest BCUT2D eigenvalue weighted by molar-refractivity contribution is 6.30. The number of aromatic nitrogens is 4. The van der Waals surface area contributed by atoms with Gasteiger partial charge in [-0.25, -0.2) is 4.79 Å². The maximum atomic E-state index is 12.6. The normalized spacial score (nSPS) is 11.1. The molecule has 0 unspecified atom stereocenters. The van der Waals surface area contributed by atoms with Crippen LogP contribution >= 0.6 is 11.6 Å². The van der Waals surface area contributed by atoms with Gasteiger partial charge < -0.3 is 10.1 Å². The van der Waals surface area contributed by atoms with Gasteiger partial charge >= 0.3 is 5.97 Å². The molecule has 1 aromatic heterocycles. The number of anilines is 1. The molecule has 28 heavy (non-hydrogen) atoms. The van der Waals surface area contributed by atoms with E-state index in [9.17, 15) is 9.59 Å². The number of ether oxygens (including phenoxy) is 1. The van der Waals surface area contributed by atoms with E-state index in [1.807, 2.05) is 30.3 Å². The lowest BCUT2D eigenvalue weighted by Crippen LogP contribution is -2.23. The van der Waals surface area contributed by atoms with Gasteiger partial charge in [0.2, 0.25) is 0 Å². The van der Waals surface area contributed by atoms with Crippen LogP contribution < -0.4 is 5.32 Å². The molecule has 0 spiro atoms. The zero-order valence-electron chi connectivity index (χ0n) is 14.9. The Bertz CT molecular complexity index is 1020. The van der Waals surface area contributed by atoms with E-state index in [0.717, 1.165) is 5.56 Å². The molecule has 0 radical (unpaired) electrons. The maximum Gasteiger partial charge on any atom is 0.357 e. The van der Waals surface area contributed by atoms with Crippen LogP contribution in [0.2, 0.25) is 5.02 Å². The van der Waals surface area contributed by atoms with Gasteiger partial charge in [-0.2, -0.15) is 4.68 Å². The molecular formula is C19H16ClN5O3. The third-order valence-electron chi connectivity index (χ3n) is 3.61. The van der Waals surface area contributed by atoms with E-state index < -0.39 is 18.5 Å². The Morgan fingerprint density at radius 3 is 2.64 bits per heavy atom. The molecule has 1 N–H and O–H groups in total. The van der Waals surface area contributed by atoms with Gasteiger partial charge in [0.25, 0.3) is 5.91 Å². The minimum absolute atomic E-state index is 0.0873. The van der Waals surface area contributed by atoms with Gasteiger partial charge in [0.05, 0.1) is 0 Å². The van der Waals surface area contributed by atoms with E-state index in [1.165, 1.54) is 4.68 Å². The van der Waals surface area contributed by atoms with E-state index in [-0.39, 0.29) is 5.70 Å². The number of esters is 1. The molecule has 1 heterocycles. The number of carbonyl (C=O) groups excluding carboxylic acids is 2. The average Bonchev–Trinajstić information content (AvgIpc) is 3.10. The highest BCUT2D eigenvalue weighted by atomic mass is 35.5. The van der Waals surface area contributed by atoms with Crippen LogP contribution in [0.5, 0.6) is 0 Å². The van der Waals surface area contributed by atoms with Crippen LogP contribution in [-0.4, -0.2) is 38.7 Å². The smallest absolute Gasteiger partial charge is 0.357 e. The van der Waals surface area contributed by atoms with Gasteiger partial charge in [0.15, 0.2) is 18.1 Å². The van der Waals surface area contributed by atoms with Crippen LogP contribution in [0.1, 0.15) is 11.4 Å². The van der Waals surface area contributed by atoms with Crippen molar-refractivity contribution in [1.29, 1.82) is 0 Å². The number of hydrogen-bond donors (Lipinski definition) is 1. The zero-order chi connectivity index (χ0) is 19.9. The van der Waals surface area contributed by atoms with Gasteiger partial charge in [-0.15, -0.1) is 5.10 Å². The van der Waals surface area contributed by atoms with E-state index in [2.05, 4.69) is 20.8 Å². The van der Waals surface area contributed by atoms with Crippen LogP contribution in [0.25, 0.3) is 11.8 Å². The first-order valence-electron chi connectivity index (χ1n) is 8.27. The molecule has 1 amide bonds. The van der Waals surface area contributed by atoms with Gasteiger partial charge in [-0.05, 0) is 47.2 Å². The molecule has 3 rings (SSSR count). The van der Waals surface area contributed by atoms with Crippen LogP contribution in [0, 0.1) is 6.92 Å². The molecule has 2 aromatic carbocycles. The summed E-state index contributed by atoms with van der Waals surface area (Å²) in [6.45, 7) is 1.18. The van der Waals surface area contributed by atoms with Crippen LogP contribution in [0.15, 0.2) is 54.6 Å². The van der Waals surface area contributed by atoms with Gasteiger partial charge in [-0.1, -0.05) is 48.0 Å². The summed E-state index contributed by atoms with van der Waals surface area (Å²) in [4.78, 5) is 24.7. The molecule has 0 saturated carbocycles. The number of rotatable bonds is 6. The minimum Gasteiger partial charge on any atom is -0.451 e. The van der Waals surface area contributed by atoms with E-state index >= 15 is 0 Å². The molecule has 0 aliphatic heterocycles. The van der Waals surface area contributed by atoms with Gasteiger partial charge in [-0.3, -0.25) is 4.79 Å². The second-order valence-corrected chi connectivity index (χ2v) is 6.15. The Morgan fingerprint density at radius 1 is 1.18 bits per heavy atom. The summed E-state index contributed by atoms with van der Waals surface area (Å²) in [6, 6.07) is 15.8. The molecule has 8 nitrogen and oxygen atoms in total. The predicted molar refractivity (Wildman–Crippen MR) is 104 cm³/mol. The summed E-state index contributed by atoms with van der Waals surface area (Å²) in [6.07, 6.45) is 1.58. The van der Waals surface area contributed by atoms with Crippen molar-refractivity contribution in [2.45, 2.75) is 6.92 Å². The zero-order valence-corrected chi connectivity index (χ0v) is 15.6. The van der Waals surface area contributed by atoms with Crippen molar-refractivity contribution in [1.82, 2.24) is 20.2 Å². The minimum atomic E-state index is -0.736. The predicted octanol–water partition coefficient (Wildman–Crippen LogP) is 2.81. The number of hydrogen-bond acceptors (Lipinski definition) is 6. The van der Waals surface area contributed by atoms with Crippen molar-refractivity contribution >= 4 is 40.9 Å². The van der Waals surface area contributed by atoms with Gasteiger partial charge in [0, 0.05) is 10.7 Å². The Hall–Kier alpha value is -3.52. The number of benzene rings is 2. The van der Waals surface area contributed by atoms with Crippen LogP contribution in [0.4, 0.5) is 5.69 Å². The van der Waals surface area contributed by atoms with E-state index in [4.69, 9.17) is 16.3 Å². The molecule has 0 saturated heterocycles. The SMILES string of the molecule is Cc1nnnn1/C(=C\c1ccccc1)C(=O)OCC(=O)Nc1cccc(Cl)c1. The molecule has 9 heteroatoms. The van der Waals surface area contributed by atoms with Crippen molar-refractivity contribution < 1.29 is 14.3 Å². The molecule has 3 aromatic rings. The number of aryl methyl sites for hydroxylation is 1. The van der Waals surface area contributed by atoms with Crippen molar-refractivity contribution in [2.24, 2.45) is 0 Å². The number of tetrazole rings is 1. The first kappa shape index (κ1) is 19.2. The summed E-state index contributed by atoms with van der Waals surface area (Å²) in [5.41, 5.74) is 1.35. The van der Waals surface area contributed by atoms with Crippen LogP contribution in [-0.2, 0) is 14.3 Å². The summed E-state index contributed by atoms with van der Waals surface area (Å²) >= 11 is 5.88. The lowest BCUT2D eigenvalue weighted by atomic mass is 10.2. The highest BCUT2D eigenvalue weighted by Gasteiger charge is 2.19. The number of halogens is 1. The topological polar surface area (TPSA) is 99.0 Å². The second-order valence-electron chi connectivity index (χ2n) is 5.71. The van der Waals surface area contributed by atoms with Crippen molar-refractivity contribution in [3.8, 4) is 0 Å². The third kappa shape index (κ3) is 5.01. The van der Waals surface area contributed by atoms with E-state index in [0.29, 0.717) is 16.5 Å². The largest absolute Gasteiger partial charge is 0.451 e. The number of nitrogens with one attached hydrogen (secondary N) is 1. The van der Waals surface area contributed by atoms with E-state index in [1.54, 1.807) is 37.3 Å². The quantitative estimate of drug-likeness (QED) is 0.507. The fraction of sp³-hybridized carbons (Fsp3) is 0.105. The van der Waals surface area contributed by atoms with Gasteiger partial charge in [0.1, 0.15) is 0 Å². The Morgan fingerprint density at radius 2 is 1.96 bits per heavy atom. The second kappa shape index (κ2) is 8.92. The fourth-order valence-corrected chi connectivity index (χ4v) is 2.53. The lowest BCUT2D eigenvalue weighted by Gasteiger charge is -2.10. The Kier molecular flexibility index (Phi) is 6.13. The summed E-state index contributed by atoms with van der Waals surface area (Å²) in [5, 5.41) is 14.2. The van der Waals surface area contributed by atoms with Crippen molar-refractivity contribution in [3.63, 3.8) is 0 Å². The summed E-state index contributed by atoms with van der Waals surface area (Å²) < 4.78 is 6.40. The molecular weight excluding hydrogens is 382 g/mol. The standard InChI is InChI=1S/C19H16ClN5O3/c1-13-22-23-24-25(13)17(10-14-6-3-2-4-7-14)19(27)28-12-18(26)21-16-9-5-8-15(20)11-16/h2-11H,12H2,1H3,(H,21,26)/b17-10-. The maximum absolute atomic E-state index is 12.6. The summed E-state index contributed by atoms with van der Waals surface area (Å²) in [5.74, 6) is -0.828. The van der Waals surface area contributed by atoms with Crippen LogP contribution in [0.3, 0.4) is 0 Å². The highest BCUT2D eigenvalue weighted by Crippen LogP contribution is 2.16. The van der Waals surface area contributed by atoms with Crippen molar-refractivity contribution in [2.75, 3.05) is 11.9 Å².